The van der Waals surface area contributed by atoms with Gasteiger partial charge in [0.15, 0.2) is 0 Å². The molecule has 0 bridgehead atoms. The van der Waals surface area contributed by atoms with E-state index < -0.39 is 5.82 Å². The number of aromatic amines is 1. The van der Waals surface area contributed by atoms with E-state index >= 15 is 0 Å². The summed E-state index contributed by atoms with van der Waals surface area (Å²) < 4.78 is 19.5. The second-order valence-corrected chi connectivity index (χ2v) is 8.36. The number of fused-ring (bicyclic) bond motifs is 4. The first-order valence-electron chi connectivity index (χ1n) is 10.0. The molecule has 2 aliphatic heterocycles. The monoisotopic (exact) mass is 409 g/mol. The van der Waals surface area contributed by atoms with Gasteiger partial charge in [-0.25, -0.2) is 4.39 Å². The third-order valence-electron chi connectivity index (χ3n) is 6.53. The molecule has 1 atom stereocenters. The molecule has 1 saturated heterocycles. The average molecular weight is 409 g/mol. The molecule has 5 rings (SSSR count). The molecule has 1 fully saturated rings. The minimum atomic E-state index is -0.496. The zero-order chi connectivity index (χ0) is 21.0. The largest absolute Gasteiger partial charge is 0.497 e. The Morgan fingerprint density at radius 2 is 2.03 bits per heavy atom. The van der Waals surface area contributed by atoms with E-state index in [-0.39, 0.29) is 29.5 Å². The zero-order valence-corrected chi connectivity index (χ0v) is 17.0. The number of benzene rings is 2. The van der Waals surface area contributed by atoms with Crippen molar-refractivity contribution in [1.82, 2.24) is 14.8 Å². The molecule has 1 aromatic heterocycles. The number of aliphatic hydroxyl groups excluding tert-OH is 1. The van der Waals surface area contributed by atoms with Gasteiger partial charge >= 0.3 is 0 Å². The van der Waals surface area contributed by atoms with Crippen LogP contribution in [-0.2, 0) is 5.41 Å². The molecular weight excluding hydrogens is 385 g/mol. The van der Waals surface area contributed by atoms with Crippen LogP contribution < -0.4 is 4.74 Å². The molecule has 1 spiro atoms. The number of carbonyl (C=O) groups excluding carboxylic acids is 1. The summed E-state index contributed by atoms with van der Waals surface area (Å²) in [5.41, 5.74) is 2.92. The quantitative estimate of drug-likeness (QED) is 0.698. The summed E-state index contributed by atoms with van der Waals surface area (Å²) in [6.07, 6.45) is 0. The number of amides is 1. The predicted molar refractivity (Wildman–Crippen MR) is 111 cm³/mol. The van der Waals surface area contributed by atoms with E-state index in [1.54, 1.807) is 24.1 Å². The number of aliphatic hydroxyl groups is 1. The molecule has 2 aromatic carbocycles. The maximum absolute atomic E-state index is 14.1. The first-order chi connectivity index (χ1) is 14.5. The number of hydrogen-bond donors (Lipinski definition) is 2. The lowest BCUT2D eigenvalue weighted by Gasteiger charge is -2.55. The number of nitrogens with zero attached hydrogens (tertiary/aromatic N) is 2. The van der Waals surface area contributed by atoms with Crippen molar-refractivity contribution in [2.45, 2.75) is 11.5 Å². The van der Waals surface area contributed by atoms with Gasteiger partial charge in [-0.3, -0.25) is 9.69 Å². The van der Waals surface area contributed by atoms with Gasteiger partial charge in [0.25, 0.3) is 5.91 Å². The number of methoxy groups -OCH3 is 1. The first-order valence-corrected chi connectivity index (χ1v) is 10.0. The highest BCUT2D eigenvalue weighted by Crippen LogP contribution is 2.48. The van der Waals surface area contributed by atoms with Crippen molar-refractivity contribution < 1.29 is 19.0 Å². The summed E-state index contributed by atoms with van der Waals surface area (Å²) in [7, 11) is 3.62. The molecule has 30 heavy (non-hydrogen) atoms. The summed E-state index contributed by atoms with van der Waals surface area (Å²) in [5.74, 6) is -0.0211. The van der Waals surface area contributed by atoms with Crippen LogP contribution in [0.1, 0.15) is 27.7 Å². The van der Waals surface area contributed by atoms with Crippen molar-refractivity contribution in [3.63, 3.8) is 0 Å². The second-order valence-electron chi connectivity index (χ2n) is 8.36. The second kappa shape index (κ2) is 6.82. The normalized spacial score (nSPS) is 20.3. The highest BCUT2D eigenvalue weighted by molar-refractivity contribution is 5.96. The number of hydrogen-bond acceptors (Lipinski definition) is 4. The lowest BCUT2D eigenvalue weighted by Crippen LogP contribution is -2.67. The standard InChI is InChI=1S/C23H24FN3O3/c1-26-11-23(12-27(13-23)22(29)15-5-3-4-6-17(15)24)20-16-8-7-14(30-2)9-18(16)25-21(20)19(26)10-28/h3-9,19,25,28H,10-13H2,1-2H3/t19-/m0/s1. The fourth-order valence-electron chi connectivity index (χ4n) is 5.15. The minimum absolute atomic E-state index is 0.00140. The first kappa shape index (κ1) is 19.1. The summed E-state index contributed by atoms with van der Waals surface area (Å²) in [5, 5.41) is 11.1. The number of carbonyl (C=O) groups is 1. The van der Waals surface area contributed by atoms with E-state index in [0.29, 0.717) is 19.6 Å². The van der Waals surface area contributed by atoms with Crippen molar-refractivity contribution >= 4 is 16.8 Å². The molecule has 2 aliphatic rings. The Morgan fingerprint density at radius 3 is 2.73 bits per heavy atom. The molecular formula is C23H24FN3O3. The summed E-state index contributed by atoms with van der Waals surface area (Å²) >= 11 is 0. The van der Waals surface area contributed by atoms with Gasteiger partial charge in [0.1, 0.15) is 11.6 Å². The number of likely N-dealkylation sites (N-methyl/N-ethyl adjacent to an activating group) is 1. The summed E-state index contributed by atoms with van der Waals surface area (Å²) in [4.78, 5) is 20.2. The van der Waals surface area contributed by atoms with E-state index in [9.17, 15) is 14.3 Å². The average Bonchev–Trinajstić information content (AvgIpc) is 3.10. The Kier molecular flexibility index (Phi) is 4.34. The maximum atomic E-state index is 14.1. The van der Waals surface area contributed by atoms with Crippen molar-refractivity contribution in [2.24, 2.45) is 0 Å². The van der Waals surface area contributed by atoms with Crippen LogP contribution in [0, 0.1) is 5.82 Å². The third-order valence-corrected chi connectivity index (χ3v) is 6.53. The van der Waals surface area contributed by atoms with Gasteiger partial charge in [0.2, 0.25) is 0 Å². The molecule has 156 valence electrons. The van der Waals surface area contributed by atoms with Crippen molar-refractivity contribution in [3.05, 3.63) is 65.1 Å². The molecule has 3 heterocycles. The smallest absolute Gasteiger partial charge is 0.256 e. The van der Waals surface area contributed by atoms with Crippen LogP contribution in [0.4, 0.5) is 4.39 Å². The van der Waals surface area contributed by atoms with E-state index in [4.69, 9.17) is 4.74 Å². The van der Waals surface area contributed by atoms with Gasteiger partial charge in [-0.2, -0.15) is 0 Å². The topological polar surface area (TPSA) is 68.8 Å². The van der Waals surface area contributed by atoms with Gasteiger partial charge < -0.3 is 19.7 Å². The molecule has 6 nitrogen and oxygen atoms in total. The molecule has 0 unspecified atom stereocenters. The van der Waals surface area contributed by atoms with Crippen LogP contribution >= 0.6 is 0 Å². The van der Waals surface area contributed by atoms with Gasteiger partial charge in [-0.05, 0) is 36.9 Å². The van der Waals surface area contributed by atoms with Crippen molar-refractivity contribution in [1.29, 1.82) is 0 Å². The van der Waals surface area contributed by atoms with Crippen molar-refractivity contribution in [2.75, 3.05) is 40.4 Å². The number of rotatable bonds is 3. The number of aromatic nitrogens is 1. The number of nitrogens with one attached hydrogen (secondary N) is 1. The fraction of sp³-hybridized carbons (Fsp3) is 0.348. The molecule has 1 amide bonds. The van der Waals surface area contributed by atoms with Gasteiger partial charge in [-0.1, -0.05) is 12.1 Å². The van der Waals surface area contributed by atoms with Gasteiger partial charge in [-0.15, -0.1) is 0 Å². The number of halogens is 1. The SMILES string of the molecule is COc1ccc2c3c([nH]c2c1)[C@H](CO)N(C)CC31CN(C(=O)c2ccccc2F)C1. The summed E-state index contributed by atoms with van der Waals surface area (Å²) in [6, 6.07) is 11.9. The van der Waals surface area contributed by atoms with E-state index in [2.05, 4.69) is 9.88 Å². The van der Waals surface area contributed by atoms with Gasteiger partial charge in [0.05, 0.1) is 25.3 Å². The maximum Gasteiger partial charge on any atom is 0.256 e. The Bertz CT molecular complexity index is 1140. The van der Waals surface area contributed by atoms with Crippen molar-refractivity contribution in [3.8, 4) is 5.75 Å². The Morgan fingerprint density at radius 1 is 1.27 bits per heavy atom. The summed E-state index contributed by atoms with van der Waals surface area (Å²) in [6.45, 7) is 1.73. The highest BCUT2D eigenvalue weighted by atomic mass is 19.1. The Balaban J connectivity index is 1.55. The van der Waals surface area contributed by atoms with E-state index in [1.807, 2.05) is 25.2 Å². The minimum Gasteiger partial charge on any atom is -0.497 e. The lowest BCUT2D eigenvalue weighted by molar-refractivity contribution is 0.00811. The van der Waals surface area contributed by atoms with Crippen LogP contribution in [0.25, 0.3) is 10.9 Å². The highest BCUT2D eigenvalue weighted by Gasteiger charge is 2.53. The van der Waals surface area contributed by atoms with Gasteiger partial charge in [0, 0.05) is 47.7 Å². The molecule has 3 aromatic rings. The Labute approximate surface area is 173 Å². The zero-order valence-electron chi connectivity index (χ0n) is 17.0. The number of H-pyrrole nitrogens is 1. The van der Waals surface area contributed by atoms with Crippen LogP contribution in [0.3, 0.4) is 0 Å². The van der Waals surface area contributed by atoms with Crippen LogP contribution in [0.2, 0.25) is 0 Å². The van der Waals surface area contributed by atoms with Crippen LogP contribution in [0.5, 0.6) is 5.75 Å². The molecule has 7 heteroatoms. The molecule has 0 aliphatic carbocycles. The fourth-order valence-corrected chi connectivity index (χ4v) is 5.15. The predicted octanol–water partition coefficient (Wildman–Crippen LogP) is 2.69. The molecule has 2 N–H and O–H groups in total. The van der Waals surface area contributed by atoms with Crippen LogP contribution in [-0.4, -0.2) is 66.2 Å². The molecule has 0 radical (unpaired) electrons. The lowest BCUT2D eigenvalue weighted by atomic mass is 9.68. The molecule has 0 saturated carbocycles. The van der Waals surface area contributed by atoms with E-state index in [0.717, 1.165) is 27.9 Å². The van der Waals surface area contributed by atoms with Crippen LogP contribution in [0.15, 0.2) is 42.5 Å². The number of ether oxygens (including phenoxy) is 1. The number of likely N-dealkylation sites (tertiary alicyclic amines) is 1. The third kappa shape index (κ3) is 2.66. The Hall–Kier alpha value is -2.90. The van der Waals surface area contributed by atoms with E-state index in [1.165, 1.54) is 12.1 Å².